The molecule has 1 saturated carbocycles. The van der Waals surface area contributed by atoms with Crippen LogP contribution in [0.4, 0.5) is 0 Å². The number of likely N-dealkylation sites (tertiary alicyclic amines) is 1. The Morgan fingerprint density at radius 2 is 2.04 bits per heavy atom. The van der Waals surface area contributed by atoms with E-state index < -0.39 is 0 Å². The zero-order chi connectivity index (χ0) is 16.6. The second-order valence-electron chi connectivity index (χ2n) is 6.91. The summed E-state index contributed by atoms with van der Waals surface area (Å²) in [5.74, 6) is 2.27. The molecule has 2 heterocycles. The maximum atomic E-state index is 12.4. The molecule has 1 aromatic rings. The number of amides is 2. The fraction of sp³-hybridized carbons (Fsp3) is 0.556. The van der Waals surface area contributed by atoms with E-state index in [0.29, 0.717) is 24.1 Å². The number of carbonyl (C=O) groups is 2. The molecule has 5 nitrogen and oxygen atoms in total. The van der Waals surface area contributed by atoms with E-state index >= 15 is 0 Å². The van der Waals surface area contributed by atoms with Crippen LogP contribution >= 0.6 is 0 Å². The molecule has 4 atom stereocenters. The lowest BCUT2D eigenvalue weighted by Crippen LogP contribution is -2.48. The number of piperidine rings is 1. The topological polar surface area (TPSA) is 76.5 Å². The van der Waals surface area contributed by atoms with Gasteiger partial charge in [-0.15, -0.1) is 0 Å². The standard InChI is InChI=1S/C18H24N2O3/c1-11-9-15(11)16-7-5-14(23-16)6-8-17(21)20-10-13(18(19)22)4-3-12(20)2/h5-8,11-13,15H,3-4,9-10H2,1-2H3,(H2,19,22)/b8-6-/t11-,12-,13-,15+/m1/s1. The SMILES string of the molecule is C[C@@H]1C[C@@H]1c1ccc(/C=C\C(=O)N2C[C@H](C(N)=O)CC[C@H]2C)o1. The third-order valence-corrected chi connectivity index (χ3v) is 5.08. The maximum Gasteiger partial charge on any atom is 0.246 e. The molecule has 0 radical (unpaired) electrons. The molecule has 2 amide bonds. The number of rotatable bonds is 4. The van der Waals surface area contributed by atoms with Crippen molar-refractivity contribution in [1.82, 2.24) is 4.90 Å². The van der Waals surface area contributed by atoms with Crippen LogP contribution in [0.2, 0.25) is 0 Å². The summed E-state index contributed by atoms with van der Waals surface area (Å²) >= 11 is 0. The first kappa shape index (κ1) is 15.8. The van der Waals surface area contributed by atoms with Gasteiger partial charge in [0.05, 0.1) is 5.92 Å². The summed E-state index contributed by atoms with van der Waals surface area (Å²) < 4.78 is 5.77. The minimum atomic E-state index is -0.326. The Morgan fingerprint density at radius 3 is 2.70 bits per heavy atom. The molecule has 3 rings (SSSR count). The molecule has 5 heteroatoms. The first-order valence-corrected chi connectivity index (χ1v) is 8.33. The average Bonchev–Trinajstić information content (AvgIpc) is 3.07. The van der Waals surface area contributed by atoms with Crippen molar-refractivity contribution in [3.63, 3.8) is 0 Å². The van der Waals surface area contributed by atoms with Gasteiger partial charge >= 0.3 is 0 Å². The lowest BCUT2D eigenvalue weighted by Gasteiger charge is -2.36. The number of furan rings is 1. The molecule has 0 bridgehead atoms. The van der Waals surface area contributed by atoms with Crippen LogP contribution in [0.25, 0.3) is 6.08 Å². The van der Waals surface area contributed by atoms with Crippen LogP contribution < -0.4 is 5.73 Å². The molecule has 23 heavy (non-hydrogen) atoms. The smallest absolute Gasteiger partial charge is 0.246 e. The fourth-order valence-electron chi connectivity index (χ4n) is 3.27. The highest BCUT2D eigenvalue weighted by Gasteiger charge is 2.36. The van der Waals surface area contributed by atoms with Crippen molar-refractivity contribution in [3.05, 3.63) is 29.7 Å². The normalized spacial score (nSPS) is 30.6. The molecule has 2 fully saturated rings. The van der Waals surface area contributed by atoms with Gasteiger partial charge in [-0.25, -0.2) is 0 Å². The molecule has 2 aliphatic rings. The van der Waals surface area contributed by atoms with Gasteiger partial charge in [-0.1, -0.05) is 6.92 Å². The number of hydrogen-bond acceptors (Lipinski definition) is 3. The monoisotopic (exact) mass is 316 g/mol. The first-order valence-electron chi connectivity index (χ1n) is 8.33. The largest absolute Gasteiger partial charge is 0.461 e. The van der Waals surface area contributed by atoms with E-state index in [0.717, 1.165) is 18.6 Å². The summed E-state index contributed by atoms with van der Waals surface area (Å²) in [4.78, 5) is 25.5. The van der Waals surface area contributed by atoms with Gasteiger partial charge in [-0.3, -0.25) is 9.59 Å². The van der Waals surface area contributed by atoms with Crippen molar-refractivity contribution in [2.24, 2.45) is 17.6 Å². The van der Waals surface area contributed by atoms with Gasteiger partial charge in [0.2, 0.25) is 11.8 Å². The van der Waals surface area contributed by atoms with Crippen LogP contribution in [0, 0.1) is 11.8 Å². The summed E-state index contributed by atoms with van der Waals surface area (Å²) in [7, 11) is 0. The fourth-order valence-corrected chi connectivity index (χ4v) is 3.27. The van der Waals surface area contributed by atoms with Crippen molar-refractivity contribution in [1.29, 1.82) is 0 Å². The van der Waals surface area contributed by atoms with Crippen LogP contribution in [-0.4, -0.2) is 29.3 Å². The van der Waals surface area contributed by atoms with E-state index in [4.69, 9.17) is 10.2 Å². The molecule has 0 unspecified atom stereocenters. The Bertz CT molecular complexity index is 634. The molecule has 1 aromatic heterocycles. The molecule has 2 N–H and O–H groups in total. The molecular formula is C18H24N2O3. The van der Waals surface area contributed by atoms with Gasteiger partial charge in [0, 0.05) is 24.6 Å². The molecule has 1 aliphatic carbocycles. The highest BCUT2D eigenvalue weighted by atomic mass is 16.3. The Hall–Kier alpha value is -2.04. The highest BCUT2D eigenvalue weighted by molar-refractivity contribution is 5.92. The van der Waals surface area contributed by atoms with Gasteiger partial charge in [0.1, 0.15) is 11.5 Å². The lowest BCUT2D eigenvalue weighted by molar-refractivity contribution is -0.133. The highest BCUT2D eigenvalue weighted by Crippen LogP contribution is 2.47. The molecular weight excluding hydrogens is 292 g/mol. The Balaban J connectivity index is 1.63. The average molecular weight is 316 g/mol. The second kappa shape index (κ2) is 6.22. The minimum absolute atomic E-state index is 0.0961. The summed E-state index contributed by atoms with van der Waals surface area (Å²) in [6.07, 6.45) is 5.97. The third kappa shape index (κ3) is 3.49. The van der Waals surface area contributed by atoms with Crippen LogP contribution in [0.5, 0.6) is 0 Å². The molecule has 1 aliphatic heterocycles. The first-order chi connectivity index (χ1) is 11.0. The van der Waals surface area contributed by atoms with Gasteiger partial charge in [0.25, 0.3) is 0 Å². The number of carbonyl (C=O) groups excluding carboxylic acids is 2. The number of nitrogens with two attached hydrogens (primary N) is 1. The second-order valence-corrected chi connectivity index (χ2v) is 6.91. The quantitative estimate of drug-likeness (QED) is 0.867. The summed E-state index contributed by atoms with van der Waals surface area (Å²) in [5.41, 5.74) is 5.38. The van der Waals surface area contributed by atoms with Crippen molar-refractivity contribution >= 4 is 17.9 Å². The van der Waals surface area contributed by atoms with Crippen LogP contribution in [0.3, 0.4) is 0 Å². The van der Waals surface area contributed by atoms with Crippen molar-refractivity contribution in [2.45, 2.75) is 45.1 Å². The minimum Gasteiger partial charge on any atom is -0.461 e. The van der Waals surface area contributed by atoms with Gasteiger partial charge in [-0.2, -0.15) is 0 Å². The van der Waals surface area contributed by atoms with Gasteiger partial charge in [-0.05, 0) is 50.3 Å². The third-order valence-electron chi connectivity index (χ3n) is 5.08. The summed E-state index contributed by atoms with van der Waals surface area (Å²) in [5, 5.41) is 0. The van der Waals surface area contributed by atoms with Crippen molar-refractivity contribution < 1.29 is 14.0 Å². The number of nitrogens with zero attached hydrogens (tertiary/aromatic N) is 1. The van der Waals surface area contributed by atoms with E-state index in [9.17, 15) is 9.59 Å². The zero-order valence-electron chi connectivity index (χ0n) is 13.7. The van der Waals surface area contributed by atoms with Crippen LogP contribution in [-0.2, 0) is 9.59 Å². The van der Waals surface area contributed by atoms with Crippen LogP contribution in [0.15, 0.2) is 22.6 Å². The zero-order valence-corrected chi connectivity index (χ0v) is 13.7. The predicted molar refractivity (Wildman–Crippen MR) is 87.4 cm³/mol. The number of primary amides is 1. The van der Waals surface area contributed by atoms with Gasteiger partial charge in [0.15, 0.2) is 0 Å². The molecule has 1 saturated heterocycles. The predicted octanol–water partition coefficient (Wildman–Crippen LogP) is 2.53. The van der Waals surface area contributed by atoms with Crippen LogP contribution in [0.1, 0.15) is 50.5 Å². The van der Waals surface area contributed by atoms with E-state index in [2.05, 4.69) is 6.92 Å². The van der Waals surface area contributed by atoms with Gasteiger partial charge < -0.3 is 15.1 Å². The Labute approximate surface area is 136 Å². The maximum absolute atomic E-state index is 12.4. The molecule has 0 aromatic carbocycles. The van der Waals surface area contributed by atoms with Crippen molar-refractivity contribution in [3.8, 4) is 0 Å². The summed E-state index contributed by atoms with van der Waals surface area (Å²) in [6, 6.07) is 4.02. The van der Waals surface area contributed by atoms with Crippen molar-refractivity contribution in [2.75, 3.05) is 6.54 Å². The molecule has 0 spiro atoms. The Kier molecular flexibility index (Phi) is 4.28. The van der Waals surface area contributed by atoms with E-state index in [1.54, 1.807) is 11.0 Å². The Morgan fingerprint density at radius 1 is 1.30 bits per heavy atom. The number of hydrogen-bond donors (Lipinski definition) is 1. The van der Waals surface area contributed by atoms with E-state index in [1.807, 2.05) is 19.1 Å². The summed E-state index contributed by atoms with van der Waals surface area (Å²) in [6.45, 7) is 4.62. The lowest BCUT2D eigenvalue weighted by atomic mass is 9.93. The van der Waals surface area contributed by atoms with E-state index in [1.165, 1.54) is 12.5 Å². The van der Waals surface area contributed by atoms with E-state index in [-0.39, 0.29) is 23.8 Å². The molecule has 124 valence electrons.